The van der Waals surface area contributed by atoms with Crippen molar-refractivity contribution in [1.29, 1.82) is 0 Å². The molecular weight excluding hydrogens is 364 g/mol. The van der Waals surface area contributed by atoms with Crippen molar-refractivity contribution in [3.05, 3.63) is 35.1 Å². The molecule has 2 rings (SSSR count). The summed E-state index contributed by atoms with van der Waals surface area (Å²) in [6.45, 7) is 16.9. The van der Waals surface area contributed by atoms with E-state index in [1.54, 1.807) is 6.92 Å². The van der Waals surface area contributed by atoms with Crippen LogP contribution in [0.4, 0.5) is 0 Å². The molecule has 0 N–H and O–H groups in total. The first-order chi connectivity index (χ1) is 13.6. The van der Waals surface area contributed by atoms with Crippen LogP contribution in [0.3, 0.4) is 0 Å². The molecule has 0 bridgehead atoms. The fourth-order valence-corrected chi connectivity index (χ4v) is 3.71. The quantitative estimate of drug-likeness (QED) is 0.335. The van der Waals surface area contributed by atoms with Gasteiger partial charge in [0.05, 0.1) is 6.61 Å². The maximum absolute atomic E-state index is 11.3. The molecule has 0 aromatic rings. The van der Waals surface area contributed by atoms with Gasteiger partial charge in [-0.05, 0) is 52.0 Å². The van der Waals surface area contributed by atoms with Crippen molar-refractivity contribution in [2.45, 2.75) is 92.9 Å². The number of carbonyl (C=O) groups excluding carboxylic acids is 2. The Labute approximate surface area is 177 Å². The normalized spacial score (nSPS) is 18.7. The van der Waals surface area contributed by atoms with E-state index in [-0.39, 0.29) is 17.4 Å². The zero-order valence-corrected chi connectivity index (χ0v) is 19.4. The average Bonchev–Trinajstić information content (AvgIpc) is 3.30. The van der Waals surface area contributed by atoms with E-state index in [1.807, 2.05) is 13.0 Å². The lowest BCUT2D eigenvalue weighted by molar-refractivity contribution is -0.146. The molecule has 29 heavy (non-hydrogen) atoms. The Balaban J connectivity index is 0.000000352. The average molecular weight is 405 g/mol. The van der Waals surface area contributed by atoms with Crippen LogP contribution in [0.1, 0.15) is 92.9 Å². The minimum atomic E-state index is -0.117. The van der Waals surface area contributed by atoms with Gasteiger partial charge in [0.25, 0.3) is 0 Å². The van der Waals surface area contributed by atoms with Gasteiger partial charge in [0.2, 0.25) is 0 Å². The van der Waals surface area contributed by atoms with E-state index in [0.29, 0.717) is 25.4 Å². The monoisotopic (exact) mass is 404 g/mol. The van der Waals surface area contributed by atoms with E-state index in [9.17, 15) is 9.59 Å². The molecule has 0 spiro atoms. The first kappa shape index (κ1) is 25.2. The number of ether oxygens (including phenoxy) is 2. The second kappa shape index (κ2) is 12.0. The van der Waals surface area contributed by atoms with Gasteiger partial charge in [0.15, 0.2) is 0 Å². The number of allylic oxidation sites excluding steroid dienone is 5. The summed E-state index contributed by atoms with van der Waals surface area (Å²) in [6, 6.07) is 0. The molecule has 1 atom stereocenters. The Morgan fingerprint density at radius 1 is 1.17 bits per heavy atom. The zero-order valence-electron chi connectivity index (χ0n) is 19.4. The Bertz CT molecular complexity index is 652. The molecule has 4 nitrogen and oxygen atoms in total. The number of rotatable bonds is 8. The third-order valence-corrected chi connectivity index (χ3v) is 5.49. The third kappa shape index (κ3) is 9.01. The second-order valence-electron chi connectivity index (χ2n) is 8.99. The van der Waals surface area contributed by atoms with Gasteiger partial charge in [-0.3, -0.25) is 9.59 Å². The summed E-state index contributed by atoms with van der Waals surface area (Å²) < 4.78 is 10.3. The molecule has 4 heteroatoms. The van der Waals surface area contributed by atoms with Crippen molar-refractivity contribution in [2.24, 2.45) is 11.3 Å². The summed E-state index contributed by atoms with van der Waals surface area (Å²) in [5.41, 5.74) is 4.28. The van der Waals surface area contributed by atoms with E-state index in [4.69, 9.17) is 9.47 Å². The first-order valence-corrected chi connectivity index (χ1v) is 11.0. The van der Waals surface area contributed by atoms with Crippen molar-refractivity contribution in [1.82, 2.24) is 0 Å². The second-order valence-corrected chi connectivity index (χ2v) is 8.99. The molecule has 1 unspecified atom stereocenters. The predicted octanol–water partition coefficient (Wildman–Crippen LogP) is 6.67. The van der Waals surface area contributed by atoms with Gasteiger partial charge >= 0.3 is 11.9 Å². The predicted molar refractivity (Wildman–Crippen MR) is 118 cm³/mol. The third-order valence-electron chi connectivity index (χ3n) is 5.49. The van der Waals surface area contributed by atoms with E-state index < -0.39 is 0 Å². The number of esters is 2. The van der Waals surface area contributed by atoms with Crippen LogP contribution in [-0.4, -0.2) is 18.5 Å². The highest BCUT2D eigenvalue weighted by atomic mass is 16.5. The van der Waals surface area contributed by atoms with Gasteiger partial charge < -0.3 is 9.47 Å². The molecule has 0 saturated carbocycles. The fraction of sp³-hybridized carbons (Fsp3) is 0.680. The van der Waals surface area contributed by atoms with E-state index >= 15 is 0 Å². The molecule has 0 fully saturated rings. The van der Waals surface area contributed by atoms with Crippen molar-refractivity contribution in [3.63, 3.8) is 0 Å². The zero-order chi connectivity index (χ0) is 22.0. The van der Waals surface area contributed by atoms with Crippen LogP contribution >= 0.6 is 0 Å². The number of hydrogen-bond donors (Lipinski definition) is 0. The topological polar surface area (TPSA) is 52.6 Å². The van der Waals surface area contributed by atoms with Crippen LogP contribution in [-0.2, 0) is 19.1 Å². The van der Waals surface area contributed by atoms with Crippen LogP contribution in [0.25, 0.3) is 0 Å². The van der Waals surface area contributed by atoms with E-state index in [0.717, 1.165) is 31.4 Å². The van der Waals surface area contributed by atoms with Gasteiger partial charge in [-0.2, -0.15) is 0 Å². The van der Waals surface area contributed by atoms with Crippen LogP contribution in [0.2, 0.25) is 0 Å². The SMILES string of the molecule is C=C(C)C1CCC(C)=C1CC(C)(C)COC(=O)CC.CCC(=O)OC1=CCCC1. The molecule has 0 aromatic heterocycles. The fourth-order valence-electron chi connectivity index (χ4n) is 3.71. The lowest BCUT2D eigenvalue weighted by Gasteiger charge is -2.28. The molecule has 0 radical (unpaired) electrons. The van der Waals surface area contributed by atoms with E-state index in [1.165, 1.54) is 29.6 Å². The summed E-state index contributed by atoms with van der Waals surface area (Å²) >= 11 is 0. The Hall–Kier alpha value is -1.84. The van der Waals surface area contributed by atoms with Crippen molar-refractivity contribution >= 4 is 11.9 Å². The molecule has 0 amide bonds. The highest BCUT2D eigenvalue weighted by Gasteiger charge is 2.30. The van der Waals surface area contributed by atoms with Crippen molar-refractivity contribution < 1.29 is 19.1 Å². The van der Waals surface area contributed by atoms with Gasteiger partial charge in [-0.25, -0.2) is 0 Å². The van der Waals surface area contributed by atoms with Crippen LogP contribution in [0.15, 0.2) is 35.1 Å². The maximum atomic E-state index is 11.3. The molecule has 0 heterocycles. The lowest BCUT2D eigenvalue weighted by Crippen LogP contribution is -2.23. The Morgan fingerprint density at radius 3 is 2.34 bits per heavy atom. The molecule has 0 saturated heterocycles. The number of hydrogen-bond acceptors (Lipinski definition) is 4. The van der Waals surface area contributed by atoms with Crippen molar-refractivity contribution in [2.75, 3.05) is 6.61 Å². The summed E-state index contributed by atoms with van der Waals surface area (Å²) in [4.78, 5) is 22.0. The van der Waals surface area contributed by atoms with Crippen LogP contribution < -0.4 is 0 Å². The minimum Gasteiger partial charge on any atom is -0.465 e. The summed E-state index contributed by atoms with van der Waals surface area (Å²) in [5, 5.41) is 0. The highest BCUT2D eigenvalue weighted by molar-refractivity contribution is 5.70. The van der Waals surface area contributed by atoms with Gasteiger partial charge in [0.1, 0.15) is 5.76 Å². The lowest BCUT2D eigenvalue weighted by atomic mass is 9.80. The number of carbonyl (C=O) groups is 2. The minimum absolute atomic E-state index is 0.000532. The Kier molecular flexibility index (Phi) is 10.4. The summed E-state index contributed by atoms with van der Waals surface area (Å²) in [7, 11) is 0. The smallest absolute Gasteiger partial charge is 0.310 e. The molecule has 2 aliphatic rings. The molecule has 0 aliphatic heterocycles. The van der Waals surface area contributed by atoms with Gasteiger partial charge in [-0.15, -0.1) is 0 Å². The molecule has 0 aromatic carbocycles. The molecule has 164 valence electrons. The van der Waals surface area contributed by atoms with Crippen LogP contribution in [0, 0.1) is 11.3 Å². The summed E-state index contributed by atoms with van der Waals surface area (Å²) in [5.74, 6) is 1.17. The molecular formula is C25H40O4. The largest absolute Gasteiger partial charge is 0.465 e. The maximum Gasteiger partial charge on any atom is 0.310 e. The summed E-state index contributed by atoms with van der Waals surface area (Å²) in [6.07, 6.45) is 9.41. The Morgan fingerprint density at radius 2 is 1.83 bits per heavy atom. The first-order valence-electron chi connectivity index (χ1n) is 11.0. The van der Waals surface area contributed by atoms with Gasteiger partial charge in [0, 0.05) is 30.6 Å². The highest BCUT2D eigenvalue weighted by Crippen LogP contribution is 2.42. The van der Waals surface area contributed by atoms with Gasteiger partial charge in [-0.1, -0.05) is 51.0 Å². The van der Waals surface area contributed by atoms with E-state index in [2.05, 4.69) is 34.3 Å². The molecule has 2 aliphatic carbocycles. The van der Waals surface area contributed by atoms with Crippen molar-refractivity contribution in [3.8, 4) is 0 Å². The van der Waals surface area contributed by atoms with Crippen LogP contribution in [0.5, 0.6) is 0 Å². The standard InChI is InChI=1S/C17H28O2.C8H12O2/c1-7-16(18)19-11-17(5,6)10-15-13(4)8-9-14(15)12(2)3;1-2-8(9)10-7-5-3-4-6-7/h14H,2,7-11H2,1,3-6H3;5H,2-4,6H2,1H3.